The average Bonchev–Trinajstić information content (AvgIpc) is 2.81. The quantitative estimate of drug-likeness (QED) is 0.618. The molecule has 0 saturated carbocycles. The van der Waals surface area contributed by atoms with Gasteiger partial charge in [-0.05, 0) is 18.6 Å². The molecular weight excluding hydrogens is 266 g/mol. The van der Waals surface area contributed by atoms with Gasteiger partial charge in [-0.1, -0.05) is 0 Å². The van der Waals surface area contributed by atoms with E-state index in [1.165, 1.54) is 22.9 Å². The van der Waals surface area contributed by atoms with Crippen LogP contribution < -0.4 is 10.6 Å². The topological polar surface area (TPSA) is 118 Å². The van der Waals surface area contributed by atoms with E-state index in [1.807, 2.05) is 0 Å². The number of aromatic nitrogens is 1. The molecule has 20 heavy (non-hydrogen) atoms. The van der Waals surface area contributed by atoms with E-state index in [2.05, 4.69) is 10.6 Å². The van der Waals surface area contributed by atoms with E-state index in [1.54, 1.807) is 0 Å². The fourth-order valence-electron chi connectivity index (χ4n) is 1.97. The van der Waals surface area contributed by atoms with Crippen molar-refractivity contribution < 1.29 is 24.3 Å². The molecule has 1 unspecified atom stereocenters. The first-order valence-corrected chi connectivity index (χ1v) is 5.99. The highest BCUT2D eigenvalue weighted by atomic mass is 16.4. The Hall–Kier alpha value is -2.64. The molecule has 2 heterocycles. The minimum atomic E-state index is -1.14. The first-order chi connectivity index (χ1) is 9.47. The second-order valence-electron chi connectivity index (χ2n) is 4.40. The minimum absolute atomic E-state index is 0.0107. The second-order valence-corrected chi connectivity index (χ2v) is 4.40. The number of hydrogen-bond acceptors (Lipinski definition) is 4. The molecule has 0 radical (unpaired) electrons. The van der Waals surface area contributed by atoms with Gasteiger partial charge in [0.25, 0.3) is 0 Å². The summed E-state index contributed by atoms with van der Waals surface area (Å²) in [6, 6.07) is 2.13. The summed E-state index contributed by atoms with van der Waals surface area (Å²) in [4.78, 5) is 45.1. The standard InChI is InChI=1S/C12H13N3O5/c16-9-4-3-7(11(18)14-9)13-10(17)6-15-5-1-2-8(15)12(19)20/h1-2,5,7H,3-4,6H2,(H,13,17)(H,19,20)(H,14,16,18). The van der Waals surface area contributed by atoms with Crippen LogP contribution in [0, 0.1) is 0 Å². The number of carboxylic acid groups (broad SMARTS) is 1. The molecule has 1 aliphatic rings. The molecule has 1 aromatic rings. The lowest BCUT2D eigenvalue weighted by Gasteiger charge is -2.22. The molecule has 1 fully saturated rings. The van der Waals surface area contributed by atoms with Gasteiger partial charge < -0.3 is 15.0 Å². The van der Waals surface area contributed by atoms with E-state index < -0.39 is 23.8 Å². The van der Waals surface area contributed by atoms with Crippen LogP contribution in [0.2, 0.25) is 0 Å². The van der Waals surface area contributed by atoms with Crippen LogP contribution in [0.1, 0.15) is 23.3 Å². The summed E-state index contributed by atoms with van der Waals surface area (Å²) in [5, 5.41) is 13.5. The van der Waals surface area contributed by atoms with Gasteiger partial charge >= 0.3 is 5.97 Å². The van der Waals surface area contributed by atoms with Crippen molar-refractivity contribution in [2.24, 2.45) is 0 Å². The van der Waals surface area contributed by atoms with Crippen molar-refractivity contribution in [3.05, 3.63) is 24.0 Å². The molecule has 2 rings (SSSR count). The maximum atomic E-state index is 11.8. The first-order valence-electron chi connectivity index (χ1n) is 5.99. The van der Waals surface area contributed by atoms with Gasteiger partial charge in [-0.2, -0.15) is 0 Å². The maximum absolute atomic E-state index is 11.8. The van der Waals surface area contributed by atoms with Gasteiger partial charge in [-0.25, -0.2) is 4.79 Å². The number of nitrogens with one attached hydrogen (secondary N) is 2. The highest BCUT2D eigenvalue weighted by Gasteiger charge is 2.27. The fraction of sp³-hybridized carbons (Fsp3) is 0.333. The van der Waals surface area contributed by atoms with Crippen LogP contribution in [0.5, 0.6) is 0 Å². The number of rotatable bonds is 4. The Labute approximate surface area is 113 Å². The Kier molecular flexibility index (Phi) is 3.83. The number of imide groups is 1. The molecule has 0 bridgehead atoms. The minimum Gasteiger partial charge on any atom is -0.477 e. The SMILES string of the molecule is O=C1CCC(NC(=O)Cn2cccc2C(=O)O)C(=O)N1. The Balaban J connectivity index is 1.96. The lowest BCUT2D eigenvalue weighted by Crippen LogP contribution is -2.52. The molecule has 0 aliphatic carbocycles. The molecule has 3 amide bonds. The molecule has 0 aromatic carbocycles. The van der Waals surface area contributed by atoms with Crippen LogP contribution >= 0.6 is 0 Å². The number of amides is 3. The summed E-state index contributed by atoms with van der Waals surface area (Å²) in [5.74, 6) is -2.53. The van der Waals surface area contributed by atoms with E-state index in [4.69, 9.17) is 5.11 Å². The molecule has 0 spiro atoms. The monoisotopic (exact) mass is 279 g/mol. The molecule has 1 aromatic heterocycles. The van der Waals surface area contributed by atoms with E-state index in [0.29, 0.717) is 0 Å². The third-order valence-corrected chi connectivity index (χ3v) is 2.94. The van der Waals surface area contributed by atoms with Crippen LogP contribution in [0.25, 0.3) is 0 Å². The van der Waals surface area contributed by atoms with Crippen molar-refractivity contribution in [1.29, 1.82) is 0 Å². The van der Waals surface area contributed by atoms with Crippen LogP contribution in [-0.2, 0) is 20.9 Å². The zero-order valence-corrected chi connectivity index (χ0v) is 10.5. The van der Waals surface area contributed by atoms with Crippen molar-refractivity contribution in [2.45, 2.75) is 25.4 Å². The summed E-state index contributed by atoms with van der Waals surface area (Å²) in [6.45, 7) is -0.202. The number of aromatic carboxylic acids is 1. The Morgan fingerprint density at radius 3 is 2.85 bits per heavy atom. The number of carbonyl (C=O) groups excluding carboxylic acids is 3. The van der Waals surface area contributed by atoms with Crippen molar-refractivity contribution in [2.75, 3.05) is 0 Å². The summed E-state index contributed by atoms with van der Waals surface area (Å²) < 4.78 is 1.27. The van der Waals surface area contributed by atoms with Gasteiger partial charge in [0.1, 0.15) is 18.3 Å². The van der Waals surface area contributed by atoms with Gasteiger partial charge in [-0.15, -0.1) is 0 Å². The predicted octanol–water partition coefficient (Wildman–Crippen LogP) is -0.892. The highest BCUT2D eigenvalue weighted by molar-refractivity contribution is 6.01. The summed E-state index contributed by atoms with van der Waals surface area (Å²) in [6.07, 6.45) is 1.88. The van der Waals surface area contributed by atoms with E-state index >= 15 is 0 Å². The van der Waals surface area contributed by atoms with Crippen LogP contribution in [-0.4, -0.2) is 39.4 Å². The summed E-state index contributed by atoms with van der Waals surface area (Å²) >= 11 is 0. The van der Waals surface area contributed by atoms with Crippen molar-refractivity contribution in [1.82, 2.24) is 15.2 Å². The molecule has 8 heteroatoms. The maximum Gasteiger partial charge on any atom is 0.352 e. The summed E-state index contributed by atoms with van der Waals surface area (Å²) in [7, 11) is 0. The number of piperidine rings is 1. The third kappa shape index (κ3) is 3.02. The molecular formula is C12H13N3O5. The molecule has 106 valence electrons. The zero-order valence-electron chi connectivity index (χ0n) is 10.5. The van der Waals surface area contributed by atoms with Gasteiger partial charge in [0.2, 0.25) is 17.7 Å². The Morgan fingerprint density at radius 1 is 1.45 bits per heavy atom. The number of hydrogen-bond donors (Lipinski definition) is 3. The van der Waals surface area contributed by atoms with E-state index in [0.717, 1.165) is 0 Å². The number of nitrogens with zero attached hydrogens (tertiary/aromatic N) is 1. The number of carboxylic acids is 1. The zero-order chi connectivity index (χ0) is 14.7. The largest absolute Gasteiger partial charge is 0.477 e. The van der Waals surface area contributed by atoms with Crippen LogP contribution in [0.15, 0.2) is 18.3 Å². The Morgan fingerprint density at radius 2 is 2.20 bits per heavy atom. The molecule has 3 N–H and O–H groups in total. The molecule has 1 aliphatic heterocycles. The predicted molar refractivity (Wildman–Crippen MR) is 65.7 cm³/mol. The van der Waals surface area contributed by atoms with Gasteiger partial charge in [0.15, 0.2) is 0 Å². The first kappa shape index (κ1) is 13.8. The lowest BCUT2D eigenvalue weighted by molar-refractivity contribution is -0.137. The molecule has 8 nitrogen and oxygen atoms in total. The second kappa shape index (κ2) is 5.55. The smallest absolute Gasteiger partial charge is 0.352 e. The van der Waals surface area contributed by atoms with Crippen molar-refractivity contribution in [3.8, 4) is 0 Å². The highest BCUT2D eigenvalue weighted by Crippen LogP contribution is 2.05. The van der Waals surface area contributed by atoms with Gasteiger partial charge in [-0.3, -0.25) is 19.7 Å². The van der Waals surface area contributed by atoms with Gasteiger partial charge in [0.05, 0.1) is 0 Å². The van der Waals surface area contributed by atoms with Gasteiger partial charge in [0, 0.05) is 12.6 Å². The van der Waals surface area contributed by atoms with Crippen molar-refractivity contribution in [3.63, 3.8) is 0 Å². The van der Waals surface area contributed by atoms with E-state index in [9.17, 15) is 19.2 Å². The van der Waals surface area contributed by atoms with Crippen molar-refractivity contribution >= 4 is 23.7 Å². The third-order valence-electron chi connectivity index (χ3n) is 2.94. The van der Waals surface area contributed by atoms with Crippen LogP contribution in [0.3, 0.4) is 0 Å². The van der Waals surface area contributed by atoms with E-state index in [-0.39, 0.29) is 31.0 Å². The lowest BCUT2D eigenvalue weighted by atomic mass is 10.1. The summed E-state index contributed by atoms with van der Waals surface area (Å²) in [5.41, 5.74) is -0.0107. The molecule has 1 atom stereocenters. The Bertz CT molecular complexity index is 577. The van der Waals surface area contributed by atoms with Crippen LogP contribution in [0.4, 0.5) is 0 Å². The normalized spacial score (nSPS) is 18.5. The molecule has 1 saturated heterocycles. The average molecular weight is 279 g/mol. The fourth-order valence-corrected chi connectivity index (χ4v) is 1.97. The number of carbonyl (C=O) groups is 4.